The fourth-order valence-corrected chi connectivity index (χ4v) is 3.32. The van der Waals surface area contributed by atoms with E-state index in [1.807, 2.05) is 30.3 Å². The summed E-state index contributed by atoms with van der Waals surface area (Å²) in [6.45, 7) is 1.69. The van der Waals surface area contributed by atoms with Crippen LogP contribution in [-0.4, -0.2) is 22.5 Å². The van der Waals surface area contributed by atoms with Crippen molar-refractivity contribution in [2.75, 3.05) is 5.32 Å². The first-order valence-corrected chi connectivity index (χ1v) is 9.13. The minimum absolute atomic E-state index is 0.165. The molecule has 27 heavy (non-hydrogen) atoms. The maximum absolute atomic E-state index is 12.6. The van der Waals surface area contributed by atoms with E-state index >= 15 is 0 Å². The van der Waals surface area contributed by atoms with Crippen molar-refractivity contribution < 1.29 is 14.7 Å². The zero-order valence-corrected chi connectivity index (χ0v) is 16.1. The smallest absolute Gasteiger partial charge is 0.264 e. The van der Waals surface area contributed by atoms with Crippen molar-refractivity contribution in [1.29, 1.82) is 0 Å². The number of amides is 2. The molecule has 3 N–H and O–H groups in total. The molecule has 0 aliphatic carbocycles. The lowest BCUT2D eigenvalue weighted by Crippen LogP contribution is -2.42. The van der Waals surface area contributed by atoms with Crippen LogP contribution in [0.3, 0.4) is 0 Å². The minimum Gasteiger partial charge on any atom is -0.509 e. The number of anilines is 1. The Kier molecular flexibility index (Phi) is 5.44. The Balaban J connectivity index is 1.80. The van der Waals surface area contributed by atoms with E-state index in [1.165, 1.54) is 0 Å². The summed E-state index contributed by atoms with van der Waals surface area (Å²) in [6, 6.07) is 14.5. The molecular weight excluding hydrogens is 387 g/mol. The average molecular weight is 405 g/mol. The quantitative estimate of drug-likeness (QED) is 0.651. The van der Waals surface area contributed by atoms with Crippen LogP contribution in [0.4, 0.5) is 5.69 Å². The van der Waals surface area contributed by atoms with Crippen molar-refractivity contribution in [3.05, 3.63) is 75.5 Å². The van der Waals surface area contributed by atoms with Gasteiger partial charge in [-0.05, 0) is 37.5 Å². The maximum atomic E-state index is 12.6. The van der Waals surface area contributed by atoms with Gasteiger partial charge in [-0.2, -0.15) is 0 Å². The molecule has 0 fully saturated rings. The summed E-state index contributed by atoms with van der Waals surface area (Å²) in [4.78, 5) is 24.9. The van der Waals surface area contributed by atoms with Gasteiger partial charge in [-0.15, -0.1) is 0 Å². The van der Waals surface area contributed by atoms with Crippen LogP contribution in [0.5, 0.6) is 0 Å². The molecule has 5 nitrogen and oxygen atoms in total. The number of nitrogens with one attached hydrogen (secondary N) is 2. The zero-order chi connectivity index (χ0) is 19.6. The molecular formula is C20H18Cl2N2O3. The van der Waals surface area contributed by atoms with E-state index in [9.17, 15) is 14.7 Å². The first kappa shape index (κ1) is 19.3. The minimum atomic E-state index is -1.02. The molecule has 1 atom stereocenters. The van der Waals surface area contributed by atoms with Gasteiger partial charge < -0.3 is 15.7 Å². The van der Waals surface area contributed by atoms with Crippen LogP contribution in [-0.2, 0) is 16.0 Å². The van der Waals surface area contributed by atoms with Crippen LogP contribution in [0, 0.1) is 0 Å². The fourth-order valence-electron chi connectivity index (χ4n) is 2.97. The van der Waals surface area contributed by atoms with E-state index in [4.69, 9.17) is 23.2 Å². The van der Waals surface area contributed by atoms with Gasteiger partial charge in [-0.25, -0.2) is 0 Å². The second-order valence-corrected chi connectivity index (χ2v) is 7.34. The van der Waals surface area contributed by atoms with Gasteiger partial charge in [-0.1, -0.05) is 59.6 Å². The number of carbonyl (C=O) groups excluding carboxylic acids is 2. The fraction of sp³-hybridized carbons (Fsp3) is 0.200. The van der Waals surface area contributed by atoms with Crippen molar-refractivity contribution in [3.8, 4) is 0 Å². The number of hydrogen-bond donors (Lipinski definition) is 3. The molecule has 1 unspecified atom stereocenters. The third-order valence-electron chi connectivity index (χ3n) is 4.56. The maximum Gasteiger partial charge on any atom is 0.264 e. The topological polar surface area (TPSA) is 78.4 Å². The lowest BCUT2D eigenvalue weighted by atomic mass is 9.92. The molecule has 140 valence electrons. The monoisotopic (exact) mass is 404 g/mol. The molecule has 3 rings (SSSR count). The van der Waals surface area contributed by atoms with Crippen LogP contribution in [0.15, 0.2) is 59.9 Å². The highest BCUT2D eigenvalue weighted by atomic mass is 35.5. The summed E-state index contributed by atoms with van der Waals surface area (Å²) in [6.07, 6.45) is 1.08. The van der Waals surface area contributed by atoms with Gasteiger partial charge >= 0.3 is 0 Å². The molecule has 2 amide bonds. The number of carbonyl (C=O) groups is 2. The summed E-state index contributed by atoms with van der Waals surface area (Å²) in [5.41, 5.74) is 0.00343. The van der Waals surface area contributed by atoms with Crippen molar-refractivity contribution in [2.45, 2.75) is 25.3 Å². The van der Waals surface area contributed by atoms with Crippen molar-refractivity contribution in [2.24, 2.45) is 0 Å². The van der Waals surface area contributed by atoms with Crippen LogP contribution in [0.25, 0.3) is 0 Å². The molecule has 0 radical (unpaired) electrons. The lowest BCUT2D eigenvalue weighted by molar-refractivity contribution is -0.121. The Morgan fingerprint density at radius 1 is 1.15 bits per heavy atom. The predicted octanol–water partition coefficient (Wildman–Crippen LogP) is 4.27. The molecule has 0 bridgehead atoms. The molecule has 0 aromatic heterocycles. The van der Waals surface area contributed by atoms with Crippen molar-refractivity contribution >= 4 is 40.7 Å². The molecule has 0 saturated heterocycles. The molecule has 2 aromatic rings. The largest absolute Gasteiger partial charge is 0.509 e. The van der Waals surface area contributed by atoms with Gasteiger partial charge in [0.1, 0.15) is 11.3 Å². The molecule has 7 heteroatoms. The number of halogens is 2. The molecule has 0 saturated carbocycles. The van der Waals surface area contributed by atoms with Crippen molar-refractivity contribution in [1.82, 2.24) is 5.32 Å². The van der Waals surface area contributed by atoms with Gasteiger partial charge in [0.2, 0.25) is 0 Å². The highest BCUT2D eigenvalue weighted by Gasteiger charge is 2.44. The van der Waals surface area contributed by atoms with Gasteiger partial charge in [0, 0.05) is 0 Å². The van der Waals surface area contributed by atoms with Gasteiger partial charge in [0.05, 0.1) is 21.3 Å². The standard InChI is InChI=1S/C20H18Cl2N2O3/c1-20(11-10-12-6-3-2-4-7-12)17(25)15(19(27)24-20)18(26)23-14-9-5-8-13(21)16(14)22/h2-9,25H,10-11H2,1H3,(H,23,26)(H,24,27). The third-order valence-corrected chi connectivity index (χ3v) is 5.38. The SMILES string of the molecule is CC1(CCc2ccccc2)NC(=O)C(C(=O)Nc2cccc(Cl)c2Cl)=C1O. The first-order valence-electron chi connectivity index (χ1n) is 8.37. The number of hydrogen-bond acceptors (Lipinski definition) is 3. The second-order valence-electron chi connectivity index (χ2n) is 6.55. The molecule has 1 aliphatic rings. The lowest BCUT2D eigenvalue weighted by Gasteiger charge is -2.24. The van der Waals surface area contributed by atoms with E-state index in [-0.39, 0.29) is 27.1 Å². The molecule has 0 spiro atoms. The highest BCUT2D eigenvalue weighted by molar-refractivity contribution is 6.44. The van der Waals surface area contributed by atoms with Gasteiger partial charge in [0.15, 0.2) is 0 Å². The summed E-state index contributed by atoms with van der Waals surface area (Å²) < 4.78 is 0. The van der Waals surface area contributed by atoms with Crippen LogP contribution in [0.1, 0.15) is 18.9 Å². The van der Waals surface area contributed by atoms with E-state index < -0.39 is 17.4 Å². The average Bonchev–Trinajstić information content (AvgIpc) is 2.87. The van der Waals surface area contributed by atoms with Crippen LogP contribution < -0.4 is 10.6 Å². The first-order chi connectivity index (χ1) is 12.8. The Bertz CT molecular complexity index is 928. The predicted molar refractivity (Wildman–Crippen MR) is 106 cm³/mol. The van der Waals surface area contributed by atoms with E-state index in [0.717, 1.165) is 5.56 Å². The molecule has 2 aromatic carbocycles. The highest BCUT2D eigenvalue weighted by Crippen LogP contribution is 2.33. The summed E-state index contributed by atoms with van der Waals surface area (Å²) in [5.74, 6) is -1.64. The van der Waals surface area contributed by atoms with E-state index in [1.54, 1.807) is 25.1 Å². The Morgan fingerprint density at radius 3 is 2.56 bits per heavy atom. The number of aliphatic hydroxyl groups is 1. The Hall–Kier alpha value is -2.50. The van der Waals surface area contributed by atoms with Gasteiger partial charge in [-0.3, -0.25) is 9.59 Å². The molecule has 1 aliphatic heterocycles. The molecule has 1 heterocycles. The second kappa shape index (κ2) is 7.62. The van der Waals surface area contributed by atoms with Crippen molar-refractivity contribution in [3.63, 3.8) is 0 Å². The summed E-state index contributed by atoms with van der Waals surface area (Å²) >= 11 is 12.0. The van der Waals surface area contributed by atoms with E-state index in [0.29, 0.717) is 12.8 Å². The third kappa shape index (κ3) is 3.94. The summed E-state index contributed by atoms with van der Waals surface area (Å²) in [5, 5.41) is 16.3. The van der Waals surface area contributed by atoms with Crippen LogP contribution in [0.2, 0.25) is 10.0 Å². The van der Waals surface area contributed by atoms with Crippen LogP contribution >= 0.6 is 23.2 Å². The van der Waals surface area contributed by atoms with E-state index in [2.05, 4.69) is 10.6 Å². The number of benzene rings is 2. The zero-order valence-electron chi connectivity index (χ0n) is 14.6. The Morgan fingerprint density at radius 2 is 1.85 bits per heavy atom. The summed E-state index contributed by atoms with van der Waals surface area (Å²) in [7, 11) is 0. The normalized spacial score (nSPS) is 19.1. The number of aliphatic hydroxyl groups excluding tert-OH is 1. The number of aryl methyl sites for hydroxylation is 1. The Labute approximate surface area is 167 Å². The number of rotatable bonds is 5. The van der Waals surface area contributed by atoms with Gasteiger partial charge in [0.25, 0.3) is 11.8 Å².